The van der Waals surface area contributed by atoms with Gasteiger partial charge in [0.25, 0.3) is 5.56 Å². The van der Waals surface area contributed by atoms with Crippen molar-refractivity contribution in [3.63, 3.8) is 0 Å². The van der Waals surface area contributed by atoms with Gasteiger partial charge in [0.15, 0.2) is 0 Å². The second kappa shape index (κ2) is 3.52. The number of hydrogen-bond donors (Lipinski definition) is 1. The number of rotatable bonds is 3. The van der Waals surface area contributed by atoms with Gasteiger partial charge in [-0.25, -0.2) is 0 Å². The van der Waals surface area contributed by atoms with Crippen LogP contribution in [-0.2, 0) is 11.3 Å². The molecule has 1 aromatic heterocycles. The Kier molecular flexibility index (Phi) is 2.16. The van der Waals surface area contributed by atoms with E-state index in [1.54, 1.807) is 10.7 Å². The van der Waals surface area contributed by atoms with Crippen LogP contribution in [0.1, 0.15) is 37.3 Å². The van der Waals surface area contributed by atoms with E-state index in [9.17, 15) is 4.79 Å². The van der Waals surface area contributed by atoms with Gasteiger partial charge in [-0.15, -0.1) is 0 Å². The highest BCUT2D eigenvalue weighted by atomic mass is 16.5. The van der Waals surface area contributed by atoms with Gasteiger partial charge < -0.3 is 4.74 Å². The van der Waals surface area contributed by atoms with Crippen molar-refractivity contribution in [3.05, 3.63) is 22.1 Å². The number of nitrogens with one attached hydrogen (secondary N) is 1. The summed E-state index contributed by atoms with van der Waals surface area (Å²) in [5.74, 6) is 0.614. The van der Waals surface area contributed by atoms with Crippen molar-refractivity contribution in [2.24, 2.45) is 0 Å². The van der Waals surface area contributed by atoms with Crippen LogP contribution in [0.3, 0.4) is 0 Å². The van der Waals surface area contributed by atoms with Gasteiger partial charge in [-0.05, 0) is 25.7 Å². The van der Waals surface area contributed by atoms with Crippen LogP contribution in [0.2, 0.25) is 0 Å². The molecule has 3 rings (SSSR count). The molecule has 1 atom stereocenters. The lowest BCUT2D eigenvalue weighted by Crippen LogP contribution is -2.24. The molecule has 0 bridgehead atoms. The van der Waals surface area contributed by atoms with Gasteiger partial charge >= 0.3 is 0 Å². The molecule has 2 heterocycles. The molecule has 1 saturated heterocycles. The van der Waals surface area contributed by atoms with Crippen LogP contribution in [0.15, 0.2) is 10.9 Å². The summed E-state index contributed by atoms with van der Waals surface area (Å²) in [5, 5.41) is 3.19. The van der Waals surface area contributed by atoms with Crippen molar-refractivity contribution in [3.8, 4) is 0 Å². The van der Waals surface area contributed by atoms with E-state index in [0.29, 0.717) is 12.5 Å². The molecule has 0 spiro atoms. The van der Waals surface area contributed by atoms with Crippen molar-refractivity contribution in [2.45, 2.75) is 44.2 Å². The van der Waals surface area contributed by atoms with Crippen LogP contribution in [0.5, 0.6) is 0 Å². The second-order valence-corrected chi connectivity index (χ2v) is 4.57. The van der Waals surface area contributed by atoms with Gasteiger partial charge in [0.1, 0.15) is 0 Å². The lowest BCUT2D eigenvalue weighted by atomic mass is 10.2. The molecule has 2 fully saturated rings. The Balaban J connectivity index is 1.75. The molecule has 1 aliphatic heterocycles. The highest BCUT2D eigenvalue weighted by Crippen LogP contribution is 2.38. The number of H-pyrrole nitrogens is 1. The summed E-state index contributed by atoms with van der Waals surface area (Å²) in [6, 6.07) is 1.74. The normalized spacial score (nSPS) is 26.0. The molecule has 1 aromatic rings. The predicted molar refractivity (Wildman–Crippen MR) is 56.0 cm³/mol. The lowest BCUT2D eigenvalue weighted by molar-refractivity contribution is 0.0931. The first-order valence-electron chi connectivity index (χ1n) is 5.74. The van der Waals surface area contributed by atoms with E-state index in [1.165, 1.54) is 12.8 Å². The Morgan fingerprint density at radius 1 is 1.47 bits per heavy atom. The average Bonchev–Trinajstić information content (AvgIpc) is 2.84. The average molecular weight is 208 g/mol. The summed E-state index contributed by atoms with van der Waals surface area (Å²) >= 11 is 0. The van der Waals surface area contributed by atoms with Crippen LogP contribution in [0.25, 0.3) is 0 Å². The molecule has 1 aliphatic carbocycles. The smallest absolute Gasteiger partial charge is 0.266 e. The van der Waals surface area contributed by atoms with Gasteiger partial charge in [-0.3, -0.25) is 14.6 Å². The molecule has 82 valence electrons. The van der Waals surface area contributed by atoms with Crippen molar-refractivity contribution >= 4 is 0 Å². The van der Waals surface area contributed by atoms with E-state index < -0.39 is 0 Å². The third kappa shape index (κ3) is 1.86. The van der Waals surface area contributed by atoms with Crippen molar-refractivity contribution in [1.82, 2.24) is 9.78 Å². The van der Waals surface area contributed by atoms with Crippen molar-refractivity contribution in [2.75, 3.05) is 6.61 Å². The van der Waals surface area contributed by atoms with Gasteiger partial charge in [0.05, 0.1) is 12.6 Å². The zero-order chi connectivity index (χ0) is 10.3. The first-order valence-corrected chi connectivity index (χ1v) is 5.74. The monoisotopic (exact) mass is 208 g/mol. The number of aromatic nitrogens is 2. The largest absolute Gasteiger partial charge is 0.376 e. The van der Waals surface area contributed by atoms with E-state index in [1.807, 2.05) is 0 Å². The quantitative estimate of drug-likeness (QED) is 0.812. The third-order valence-electron chi connectivity index (χ3n) is 3.24. The van der Waals surface area contributed by atoms with E-state index in [2.05, 4.69) is 5.10 Å². The predicted octanol–water partition coefficient (Wildman–Crippen LogP) is 1.23. The molecule has 2 aliphatic rings. The fourth-order valence-corrected chi connectivity index (χ4v) is 2.19. The van der Waals surface area contributed by atoms with Crippen LogP contribution in [-0.4, -0.2) is 22.5 Å². The maximum absolute atomic E-state index is 11.6. The summed E-state index contributed by atoms with van der Waals surface area (Å²) in [5.41, 5.74) is 1.20. The number of hydrogen-bond acceptors (Lipinski definition) is 2. The summed E-state index contributed by atoms with van der Waals surface area (Å²) in [6.45, 7) is 1.53. The minimum absolute atomic E-state index is 0.0902. The minimum atomic E-state index is 0.0902. The summed E-state index contributed by atoms with van der Waals surface area (Å²) in [4.78, 5) is 11.6. The van der Waals surface area contributed by atoms with Crippen LogP contribution >= 0.6 is 0 Å². The Bertz CT molecular complexity index is 397. The first kappa shape index (κ1) is 9.21. The molecule has 0 radical (unpaired) electrons. The summed E-state index contributed by atoms with van der Waals surface area (Å²) in [6.07, 6.45) is 4.87. The van der Waals surface area contributed by atoms with E-state index in [4.69, 9.17) is 4.74 Å². The van der Waals surface area contributed by atoms with E-state index in [0.717, 1.165) is 25.1 Å². The fourth-order valence-electron chi connectivity index (χ4n) is 2.19. The van der Waals surface area contributed by atoms with Crippen molar-refractivity contribution < 1.29 is 4.74 Å². The SMILES string of the molecule is O=c1cc(C2CC2)[nH]n1CC1CCCO1. The fraction of sp³-hybridized carbons (Fsp3) is 0.727. The molecule has 1 unspecified atom stereocenters. The summed E-state index contributed by atoms with van der Waals surface area (Å²) < 4.78 is 7.22. The van der Waals surface area contributed by atoms with Crippen LogP contribution in [0, 0.1) is 0 Å². The first-order chi connectivity index (χ1) is 7.33. The Morgan fingerprint density at radius 2 is 2.33 bits per heavy atom. The molecule has 4 heteroatoms. The van der Waals surface area contributed by atoms with Gasteiger partial charge in [-0.1, -0.05) is 0 Å². The molecule has 4 nitrogen and oxygen atoms in total. The Morgan fingerprint density at radius 3 is 3.00 bits per heavy atom. The maximum atomic E-state index is 11.6. The van der Waals surface area contributed by atoms with E-state index in [-0.39, 0.29) is 11.7 Å². The third-order valence-corrected chi connectivity index (χ3v) is 3.24. The second-order valence-electron chi connectivity index (χ2n) is 4.57. The Hall–Kier alpha value is -1.03. The molecular weight excluding hydrogens is 192 g/mol. The minimum Gasteiger partial charge on any atom is -0.376 e. The molecule has 0 aromatic carbocycles. The number of ether oxygens (including phenoxy) is 1. The molecule has 15 heavy (non-hydrogen) atoms. The number of aromatic amines is 1. The van der Waals surface area contributed by atoms with Gasteiger partial charge in [0.2, 0.25) is 0 Å². The van der Waals surface area contributed by atoms with Crippen LogP contribution in [0.4, 0.5) is 0 Å². The lowest BCUT2D eigenvalue weighted by Gasteiger charge is -2.08. The highest BCUT2D eigenvalue weighted by Gasteiger charge is 2.26. The molecular formula is C11H16N2O2. The zero-order valence-corrected chi connectivity index (χ0v) is 8.74. The van der Waals surface area contributed by atoms with Gasteiger partial charge in [-0.2, -0.15) is 0 Å². The maximum Gasteiger partial charge on any atom is 0.266 e. The molecule has 0 amide bonds. The van der Waals surface area contributed by atoms with Gasteiger partial charge in [0, 0.05) is 24.3 Å². The van der Waals surface area contributed by atoms with Crippen molar-refractivity contribution in [1.29, 1.82) is 0 Å². The van der Waals surface area contributed by atoms with E-state index >= 15 is 0 Å². The Labute approximate surface area is 88.2 Å². The standard InChI is InChI=1S/C11H16N2O2/c14-11-6-10(8-3-4-8)12-13(11)7-9-2-1-5-15-9/h6,8-9,12H,1-5,7H2. The number of nitrogens with zero attached hydrogens (tertiary/aromatic N) is 1. The zero-order valence-electron chi connectivity index (χ0n) is 8.74. The van der Waals surface area contributed by atoms with Crippen LogP contribution < -0.4 is 5.56 Å². The molecule has 1 saturated carbocycles. The highest BCUT2D eigenvalue weighted by molar-refractivity contribution is 5.12. The summed E-state index contributed by atoms with van der Waals surface area (Å²) in [7, 11) is 0. The topological polar surface area (TPSA) is 47.0 Å². The molecule has 1 N–H and O–H groups in total.